The monoisotopic (exact) mass is 395 g/mol. The molecule has 0 unspecified atom stereocenters. The van der Waals surface area contributed by atoms with Crippen LogP contribution in [-0.4, -0.2) is 28.1 Å². The molecule has 134 valence electrons. The highest BCUT2D eigenvalue weighted by Crippen LogP contribution is 2.40. The Morgan fingerprint density at radius 1 is 1.37 bits per heavy atom. The topological polar surface area (TPSA) is 80.8 Å². The van der Waals surface area contributed by atoms with E-state index in [9.17, 15) is 4.79 Å². The van der Waals surface area contributed by atoms with E-state index < -0.39 is 0 Å². The Morgan fingerprint density at radius 2 is 2.22 bits per heavy atom. The second kappa shape index (κ2) is 7.43. The molecule has 0 radical (unpaired) electrons. The summed E-state index contributed by atoms with van der Waals surface area (Å²) < 4.78 is 0. The van der Waals surface area contributed by atoms with Gasteiger partial charge in [-0.2, -0.15) is 10.4 Å². The average Bonchev–Trinajstić information content (AvgIpc) is 3.16. The van der Waals surface area contributed by atoms with Gasteiger partial charge >= 0.3 is 0 Å². The van der Waals surface area contributed by atoms with Crippen molar-refractivity contribution in [2.24, 2.45) is 10.1 Å². The van der Waals surface area contributed by atoms with Gasteiger partial charge in [-0.15, -0.1) is 0 Å². The third kappa shape index (κ3) is 3.54. The molecule has 1 amide bonds. The van der Waals surface area contributed by atoms with E-state index in [1.807, 2.05) is 35.5 Å². The van der Waals surface area contributed by atoms with E-state index in [1.54, 1.807) is 18.2 Å². The zero-order valence-electron chi connectivity index (χ0n) is 14.1. The van der Waals surface area contributed by atoms with Gasteiger partial charge in [0.25, 0.3) is 0 Å². The Labute approximate surface area is 165 Å². The predicted molar refractivity (Wildman–Crippen MR) is 108 cm³/mol. The van der Waals surface area contributed by atoms with Crippen molar-refractivity contribution < 1.29 is 4.79 Å². The summed E-state index contributed by atoms with van der Waals surface area (Å²) in [7, 11) is 0. The Kier molecular flexibility index (Phi) is 4.84. The number of carbonyl (C=O) groups is 1. The van der Waals surface area contributed by atoms with Crippen LogP contribution >= 0.6 is 23.4 Å². The molecule has 0 bridgehead atoms. The smallest absolute Gasteiger partial charge is 0.234 e. The van der Waals surface area contributed by atoms with Crippen molar-refractivity contribution in [2.75, 3.05) is 11.1 Å². The number of nitriles is 1. The van der Waals surface area contributed by atoms with Gasteiger partial charge in [-0.1, -0.05) is 41.6 Å². The molecule has 0 saturated heterocycles. The summed E-state index contributed by atoms with van der Waals surface area (Å²) in [4.78, 5) is 17.0. The van der Waals surface area contributed by atoms with Gasteiger partial charge in [0.1, 0.15) is 6.07 Å². The lowest BCUT2D eigenvalue weighted by Gasteiger charge is -2.29. The normalized spacial score (nSPS) is 17.0. The van der Waals surface area contributed by atoms with Crippen LogP contribution in [0.2, 0.25) is 5.02 Å². The molecular weight excluding hydrogens is 382 g/mol. The van der Waals surface area contributed by atoms with E-state index in [-0.39, 0.29) is 17.7 Å². The quantitative estimate of drug-likeness (QED) is 0.839. The largest absolute Gasteiger partial charge is 0.325 e. The number of hydrogen-bond acceptors (Lipinski definition) is 6. The lowest BCUT2D eigenvalue weighted by Crippen LogP contribution is -2.29. The van der Waals surface area contributed by atoms with Crippen molar-refractivity contribution in [3.63, 3.8) is 0 Å². The van der Waals surface area contributed by atoms with Crippen LogP contribution in [0.25, 0.3) is 0 Å². The third-order valence-electron chi connectivity index (χ3n) is 4.24. The zero-order chi connectivity index (χ0) is 18.8. The molecule has 27 heavy (non-hydrogen) atoms. The molecule has 2 aromatic carbocycles. The fraction of sp³-hybridized carbons (Fsp3) is 0.158. The van der Waals surface area contributed by atoms with Gasteiger partial charge in [0.15, 0.2) is 5.17 Å². The summed E-state index contributed by atoms with van der Waals surface area (Å²) in [5.74, 6) is 0.0132. The first kappa shape index (κ1) is 17.6. The number of halogens is 1. The van der Waals surface area contributed by atoms with Crippen LogP contribution in [0.1, 0.15) is 23.6 Å². The Morgan fingerprint density at radius 3 is 3.04 bits per heavy atom. The molecule has 2 aromatic rings. The van der Waals surface area contributed by atoms with Crippen LogP contribution in [0.15, 0.2) is 52.6 Å². The van der Waals surface area contributed by atoms with Gasteiger partial charge in [-0.3, -0.25) is 4.79 Å². The van der Waals surface area contributed by atoms with Crippen LogP contribution in [0, 0.1) is 11.3 Å². The average molecular weight is 396 g/mol. The van der Waals surface area contributed by atoms with E-state index in [2.05, 4.69) is 21.5 Å². The maximum Gasteiger partial charge on any atom is 0.234 e. The predicted octanol–water partition coefficient (Wildman–Crippen LogP) is 4.32. The van der Waals surface area contributed by atoms with Crippen molar-refractivity contribution in [3.05, 3.63) is 58.6 Å². The van der Waals surface area contributed by atoms with Gasteiger partial charge in [0.05, 0.1) is 28.1 Å². The van der Waals surface area contributed by atoms with Crippen molar-refractivity contribution in [1.29, 1.82) is 5.26 Å². The molecule has 0 aliphatic carbocycles. The van der Waals surface area contributed by atoms with E-state index in [0.29, 0.717) is 21.4 Å². The van der Waals surface area contributed by atoms with Crippen LogP contribution in [0.4, 0.5) is 11.4 Å². The van der Waals surface area contributed by atoms with Crippen LogP contribution < -0.4 is 5.32 Å². The van der Waals surface area contributed by atoms with E-state index in [1.165, 1.54) is 11.8 Å². The van der Waals surface area contributed by atoms with Crippen LogP contribution in [0.5, 0.6) is 0 Å². The lowest BCUT2D eigenvalue weighted by atomic mass is 10.0. The summed E-state index contributed by atoms with van der Waals surface area (Å²) in [5.41, 5.74) is 3.00. The Bertz CT molecular complexity index is 1010. The molecule has 0 fully saturated rings. The minimum atomic E-state index is -0.179. The molecule has 0 aromatic heterocycles. The number of hydrogen-bond donors (Lipinski definition) is 1. The first-order chi connectivity index (χ1) is 13.2. The summed E-state index contributed by atoms with van der Waals surface area (Å²) in [5, 5.41) is 19.0. The molecule has 2 aliphatic heterocycles. The number of nitrogens with one attached hydrogen (secondary N) is 1. The molecule has 2 aliphatic rings. The number of hydrazone groups is 1. The summed E-state index contributed by atoms with van der Waals surface area (Å²) >= 11 is 7.34. The summed E-state index contributed by atoms with van der Waals surface area (Å²) in [6.45, 7) is 0. The fourth-order valence-corrected chi connectivity index (χ4v) is 4.02. The van der Waals surface area contributed by atoms with Gasteiger partial charge in [-0.25, -0.2) is 10.0 Å². The van der Waals surface area contributed by atoms with Crippen molar-refractivity contribution >= 4 is 52.0 Å². The van der Waals surface area contributed by atoms with Crippen LogP contribution in [-0.2, 0) is 4.79 Å². The molecular formula is C19H14ClN5OS. The van der Waals surface area contributed by atoms with Crippen molar-refractivity contribution in [2.45, 2.75) is 12.5 Å². The third-order valence-corrected chi connectivity index (χ3v) is 5.50. The Balaban J connectivity index is 1.44. The number of anilines is 1. The number of para-hydroxylation sites is 1. The highest BCUT2D eigenvalue weighted by atomic mass is 35.5. The maximum absolute atomic E-state index is 12.3. The minimum Gasteiger partial charge on any atom is -0.325 e. The Hall–Kier alpha value is -2.82. The van der Waals surface area contributed by atoms with Gasteiger partial charge in [0.2, 0.25) is 5.91 Å². The molecule has 1 N–H and O–H groups in total. The van der Waals surface area contributed by atoms with E-state index >= 15 is 0 Å². The SMILES string of the molecule is N#Cc1ccc(NC(=O)CSC2=Nc3ccccc3[C@@H]3CC=NN23)cc1Cl. The number of nitrogens with zero attached hydrogens (tertiary/aromatic N) is 4. The number of aliphatic imine (C=N–C) groups is 1. The number of benzene rings is 2. The number of fused-ring (bicyclic) bond motifs is 3. The number of amidine groups is 1. The summed E-state index contributed by atoms with van der Waals surface area (Å²) in [6.07, 6.45) is 2.70. The van der Waals surface area contributed by atoms with Crippen molar-refractivity contribution in [1.82, 2.24) is 5.01 Å². The number of amides is 1. The summed E-state index contributed by atoms with van der Waals surface area (Å²) in [6, 6.07) is 14.9. The molecule has 8 heteroatoms. The van der Waals surface area contributed by atoms with Gasteiger partial charge < -0.3 is 5.32 Å². The second-order valence-corrected chi connectivity index (χ2v) is 7.34. The zero-order valence-corrected chi connectivity index (χ0v) is 15.7. The first-order valence-electron chi connectivity index (χ1n) is 8.27. The second-order valence-electron chi connectivity index (χ2n) is 5.99. The fourth-order valence-electron chi connectivity index (χ4n) is 2.99. The van der Waals surface area contributed by atoms with Gasteiger partial charge in [0, 0.05) is 23.9 Å². The maximum atomic E-state index is 12.3. The molecule has 0 spiro atoms. The van der Waals surface area contributed by atoms with Crippen LogP contribution in [0.3, 0.4) is 0 Å². The molecule has 4 rings (SSSR count). The number of rotatable bonds is 3. The molecule has 0 saturated carbocycles. The van der Waals surface area contributed by atoms with E-state index in [0.717, 1.165) is 17.7 Å². The standard InChI is InChI=1S/C19H14ClN5OS/c20-15-9-13(6-5-12(15)10-21)23-18(26)11-27-19-24-16-4-2-1-3-14(16)17-7-8-22-25(17)19/h1-6,8-9,17H,7,11H2,(H,23,26)/t17-/m0/s1. The molecule has 1 atom stereocenters. The molecule has 6 nitrogen and oxygen atoms in total. The van der Waals surface area contributed by atoms with Crippen molar-refractivity contribution in [3.8, 4) is 6.07 Å². The highest BCUT2D eigenvalue weighted by molar-refractivity contribution is 8.14. The lowest BCUT2D eigenvalue weighted by molar-refractivity contribution is -0.113. The first-order valence-corrected chi connectivity index (χ1v) is 9.63. The number of carbonyl (C=O) groups excluding carboxylic acids is 1. The number of thioether (sulfide) groups is 1. The van der Waals surface area contributed by atoms with Gasteiger partial charge in [-0.05, 0) is 24.3 Å². The molecule has 2 heterocycles. The van der Waals surface area contributed by atoms with E-state index in [4.69, 9.17) is 16.9 Å². The highest BCUT2D eigenvalue weighted by Gasteiger charge is 2.32. The minimum absolute atomic E-state index is 0.140.